The number of aliphatic hydroxyl groups is 1. The molecule has 5 saturated carbocycles. The lowest BCUT2D eigenvalue weighted by Gasteiger charge is -2.63. The van der Waals surface area contributed by atoms with E-state index in [0.29, 0.717) is 21.7 Å². The van der Waals surface area contributed by atoms with Crippen molar-refractivity contribution in [2.75, 3.05) is 13.7 Å². The van der Waals surface area contributed by atoms with Gasteiger partial charge in [-0.3, -0.25) is 0 Å². The third-order valence-corrected chi connectivity index (χ3v) is 14.0. The summed E-state index contributed by atoms with van der Waals surface area (Å²) < 4.78 is 11.7. The van der Waals surface area contributed by atoms with Crippen LogP contribution in [0.4, 0.5) is 0 Å². The molecule has 0 radical (unpaired) electrons. The van der Waals surface area contributed by atoms with E-state index in [4.69, 9.17) is 9.47 Å². The topological polar surface area (TPSA) is 38.7 Å². The molecule has 5 aliphatic rings. The Morgan fingerprint density at radius 1 is 0.829 bits per heavy atom. The molecule has 3 heteroatoms. The Morgan fingerprint density at radius 2 is 1.51 bits per heavy atom. The molecule has 7 unspecified atom stereocenters. The summed E-state index contributed by atoms with van der Waals surface area (Å²) in [5.41, 5.74) is 2.19. The van der Waals surface area contributed by atoms with Crippen molar-refractivity contribution >= 4 is 0 Å². The van der Waals surface area contributed by atoms with Crippen LogP contribution in [0.25, 0.3) is 0 Å². The quantitative estimate of drug-likeness (QED) is 0.381. The molecule has 2 spiro atoms. The summed E-state index contributed by atoms with van der Waals surface area (Å²) in [4.78, 5) is 0. The van der Waals surface area contributed by atoms with Gasteiger partial charge in [-0.1, -0.05) is 34.6 Å². The van der Waals surface area contributed by atoms with Crippen molar-refractivity contribution in [3.63, 3.8) is 0 Å². The average molecular weight is 489 g/mol. The average Bonchev–Trinajstić information content (AvgIpc) is 3.39. The fraction of sp³-hybridized carbons (Fsp3) is 1.00. The lowest BCUT2D eigenvalue weighted by molar-refractivity contribution is -0.161. The first kappa shape index (κ1) is 26.5. The van der Waals surface area contributed by atoms with Crippen molar-refractivity contribution in [2.24, 2.45) is 50.7 Å². The summed E-state index contributed by atoms with van der Waals surface area (Å²) in [6.45, 7) is 17.8. The molecule has 202 valence electrons. The highest BCUT2D eigenvalue weighted by molar-refractivity contribution is 5.30. The van der Waals surface area contributed by atoms with Crippen molar-refractivity contribution in [2.45, 2.75) is 137 Å². The lowest BCUT2D eigenvalue weighted by atomic mass is 9.41. The first-order chi connectivity index (χ1) is 16.4. The predicted molar refractivity (Wildman–Crippen MR) is 143 cm³/mol. The van der Waals surface area contributed by atoms with Crippen LogP contribution in [0.15, 0.2) is 0 Å². The van der Waals surface area contributed by atoms with Crippen molar-refractivity contribution in [3.05, 3.63) is 0 Å². The molecule has 0 amide bonds. The molecule has 1 N–H and O–H groups in total. The number of hydrogen-bond acceptors (Lipinski definition) is 3. The van der Waals surface area contributed by atoms with Gasteiger partial charge in [0.15, 0.2) is 0 Å². The monoisotopic (exact) mass is 488 g/mol. The number of methoxy groups -OCH3 is 1. The normalized spacial score (nSPS) is 50.3. The maximum Gasteiger partial charge on any atom is 0.0830 e. The Labute approximate surface area is 216 Å². The van der Waals surface area contributed by atoms with E-state index in [0.717, 1.165) is 43.1 Å². The third kappa shape index (κ3) is 3.45. The summed E-state index contributed by atoms with van der Waals surface area (Å²) in [7, 11) is 1.85. The van der Waals surface area contributed by atoms with Crippen LogP contribution in [0, 0.1) is 50.7 Å². The Bertz CT molecular complexity index is 794. The smallest absolute Gasteiger partial charge is 0.0830 e. The van der Waals surface area contributed by atoms with Crippen LogP contribution in [0.3, 0.4) is 0 Å². The molecular weight excluding hydrogens is 432 g/mol. The van der Waals surface area contributed by atoms with Crippen LogP contribution in [0.5, 0.6) is 0 Å². The second-order valence-corrected chi connectivity index (χ2v) is 15.0. The minimum absolute atomic E-state index is 0.0949. The maximum absolute atomic E-state index is 10.9. The summed E-state index contributed by atoms with van der Waals surface area (Å²) in [5, 5.41) is 10.9. The molecule has 0 aromatic rings. The van der Waals surface area contributed by atoms with Crippen LogP contribution in [0.2, 0.25) is 0 Å². The Kier molecular flexibility index (Phi) is 6.58. The lowest BCUT2D eigenvalue weighted by Crippen LogP contribution is -2.57. The molecule has 0 aromatic heterocycles. The van der Waals surface area contributed by atoms with Gasteiger partial charge in [-0.25, -0.2) is 0 Å². The van der Waals surface area contributed by atoms with E-state index < -0.39 is 0 Å². The zero-order chi connectivity index (χ0) is 25.4. The largest absolute Gasteiger partial charge is 0.393 e. The highest BCUT2D eigenvalue weighted by Gasteiger charge is 2.82. The Balaban J connectivity index is 1.33. The number of rotatable bonds is 8. The molecule has 5 aliphatic carbocycles. The molecular formula is C32H56O3. The SMILES string of the molecule is CCOC(C)C(CC[C@@H](C)C1CC[C@@]2(C)C3CCC4C(C)(C)[C@@H](O)CCC45CC35CC[C@]12C)OC. The van der Waals surface area contributed by atoms with Crippen LogP contribution >= 0.6 is 0 Å². The molecule has 0 saturated heterocycles. The maximum atomic E-state index is 10.9. The molecule has 35 heavy (non-hydrogen) atoms. The van der Waals surface area contributed by atoms with E-state index in [1.54, 1.807) is 0 Å². The molecule has 5 rings (SSSR count). The van der Waals surface area contributed by atoms with E-state index >= 15 is 0 Å². The van der Waals surface area contributed by atoms with Crippen molar-refractivity contribution in [1.82, 2.24) is 0 Å². The number of aliphatic hydroxyl groups excluding tert-OH is 1. The van der Waals surface area contributed by atoms with Gasteiger partial charge < -0.3 is 14.6 Å². The van der Waals surface area contributed by atoms with Crippen molar-refractivity contribution in [3.8, 4) is 0 Å². The van der Waals surface area contributed by atoms with Crippen LogP contribution in [-0.4, -0.2) is 37.1 Å². The molecule has 0 heterocycles. The molecule has 5 fully saturated rings. The first-order valence-corrected chi connectivity index (χ1v) is 15.3. The van der Waals surface area contributed by atoms with E-state index in [1.807, 2.05) is 7.11 Å². The molecule has 0 aromatic carbocycles. The zero-order valence-electron chi connectivity index (χ0n) is 24.3. The Morgan fingerprint density at radius 3 is 2.20 bits per heavy atom. The predicted octanol–water partition coefficient (Wildman–Crippen LogP) is 7.64. The van der Waals surface area contributed by atoms with Gasteiger partial charge in [0.05, 0.1) is 18.3 Å². The van der Waals surface area contributed by atoms with Gasteiger partial charge in [0.25, 0.3) is 0 Å². The van der Waals surface area contributed by atoms with Crippen LogP contribution in [-0.2, 0) is 9.47 Å². The first-order valence-electron chi connectivity index (χ1n) is 15.3. The standard InChI is InChI=1S/C32H56O3/c1-9-35-22(3)24(34-8)11-10-21(2)23-14-16-30(7)26-13-12-25-28(4,5)27(33)15-17-31(25)20-32(26,31)19-18-29(23,30)6/h21-27,33H,9-20H2,1-8H3/t21-,22?,23?,24?,25?,26?,27+,29-,30+,31?,32?/m1/s1. The Hall–Kier alpha value is -0.120. The summed E-state index contributed by atoms with van der Waals surface area (Å²) in [6.07, 6.45) is 14.9. The number of ether oxygens (including phenoxy) is 2. The molecule has 0 bridgehead atoms. The molecule has 3 nitrogen and oxygen atoms in total. The van der Waals surface area contributed by atoms with Gasteiger partial charge in [0, 0.05) is 13.7 Å². The van der Waals surface area contributed by atoms with E-state index in [-0.39, 0.29) is 23.7 Å². The van der Waals surface area contributed by atoms with Gasteiger partial charge in [-0.05, 0) is 135 Å². The van der Waals surface area contributed by atoms with Crippen molar-refractivity contribution in [1.29, 1.82) is 0 Å². The summed E-state index contributed by atoms with van der Waals surface area (Å²) in [6, 6.07) is 0. The van der Waals surface area contributed by atoms with Gasteiger partial charge in [0.2, 0.25) is 0 Å². The fourth-order valence-electron chi connectivity index (χ4n) is 11.8. The number of fused-ring (bicyclic) bond motifs is 2. The van der Waals surface area contributed by atoms with Crippen LogP contribution < -0.4 is 0 Å². The number of hydrogen-bond donors (Lipinski definition) is 1. The minimum Gasteiger partial charge on any atom is -0.393 e. The molecule has 0 aliphatic heterocycles. The summed E-state index contributed by atoms with van der Waals surface area (Å²) >= 11 is 0. The second-order valence-electron chi connectivity index (χ2n) is 15.0. The van der Waals surface area contributed by atoms with Gasteiger partial charge in [0.1, 0.15) is 0 Å². The van der Waals surface area contributed by atoms with E-state index in [1.165, 1.54) is 57.8 Å². The van der Waals surface area contributed by atoms with Gasteiger partial charge >= 0.3 is 0 Å². The minimum atomic E-state index is -0.102. The van der Waals surface area contributed by atoms with E-state index in [9.17, 15) is 5.11 Å². The van der Waals surface area contributed by atoms with E-state index in [2.05, 4.69) is 48.5 Å². The third-order valence-electron chi connectivity index (χ3n) is 14.0. The highest BCUT2D eigenvalue weighted by atomic mass is 16.5. The fourth-order valence-corrected chi connectivity index (χ4v) is 11.8. The molecule has 11 atom stereocenters. The summed E-state index contributed by atoms with van der Waals surface area (Å²) in [5.74, 6) is 3.22. The van der Waals surface area contributed by atoms with Crippen molar-refractivity contribution < 1.29 is 14.6 Å². The highest BCUT2D eigenvalue weighted by Crippen LogP contribution is 2.89. The zero-order valence-corrected chi connectivity index (χ0v) is 24.3. The second kappa shape index (κ2) is 8.70. The van der Waals surface area contributed by atoms with Gasteiger partial charge in [-0.2, -0.15) is 0 Å². The van der Waals surface area contributed by atoms with Crippen LogP contribution in [0.1, 0.15) is 119 Å². The van der Waals surface area contributed by atoms with Gasteiger partial charge in [-0.15, -0.1) is 0 Å².